The van der Waals surface area contributed by atoms with Gasteiger partial charge in [0.25, 0.3) is 0 Å². The Bertz CT molecular complexity index is 1800. The fraction of sp³-hybridized carbons (Fsp3) is 0.290. The maximum atomic E-state index is 13.7. The zero-order valence-electron chi connectivity index (χ0n) is 23.8. The molecule has 0 atom stereocenters. The molecule has 0 bridgehead atoms. The first kappa shape index (κ1) is 28.9. The van der Waals surface area contributed by atoms with E-state index in [1.54, 1.807) is 4.57 Å². The molecular weight excluding hydrogens is 529 g/mol. The van der Waals surface area contributed by atoms with Gasteiger partial charge in [0, 0.05) is 53.5 Å². The minimum Gasteiger partial charge on any atom is -0.487 e. The van der Waals surface area contributed by atoms with Gasteiger partial charge in [-0.05, 0) is 55.2 Å². The third kappa shape index (κ3) is 5.88. The Morgan fingerprint density at radius 3 is 2.46 bits per heavy atom. The number of fused-ring (bicyclic) bond motifs is 1. The van der Waals surface area contributed by atoms with Crippen molar-refractivity contribution in [2.24, 2.45) is 0 Å². The summed E-state index contributed by atoms with van der Waals surface area (Å²) in [5, 5.41) is 8.61. The average molecular weight is 561 g/mol. The second-order valence-electron chi connectivity index (χ2n) is 10.8. The first-order valence-electron chi connectivity index (χ1n) is 13.6. The summed E-state index contributed by atoms with van der Waals surface area (Å²) < 4.78 is 14.0. The summed E-state index contributed by atoms with van der Waals surface area (Å²) in [7, 11) is 0. The molecule has 0 fully saturated rings. The third-order valence-corrected chi connectivity index (χ3v) is 7.21. The first-order valence-corrected chi connectivity index (χ1v) is 13.6. The van der Waals surface area contributed by atoms with Crippen LogP contribution in [-0.2, 0) is 19.4 Å². The predicted molar refractivity (Wildman–Crippen MR) is 158 cm³/mol. The number of aromatic amines is 1. The molecule has 0 saturated carbocycles. The molecule has 5 aromatic rings. The molecule has 10 heteroatoms. The van der Waals surface area contributed by atoms with Crippen molar-refractivity contribution in [3.05, 3.63) is 105 Å². The topological polar surface area (TPSA) is 108 Å². The SMILES string of the molecule is CCCCc1nn(-c2ccc3c(c2)CC(C)(C)O3)c(=O)n1Cc1ccc(-c2ccccc2-c2noc(=O)[nH]2)cc1.[Na]. The number of benzene rings is 3. The van der Waals surface area contributed by atoms with E-state index in [2.05, 4.69) is 30.9 Å². The van der Waals surface area contributed by atoms with Crippen LogP contribution in [0.1, 0.15) is 50.6 Å². The van der Waals surface area contributed by atoms with Crippen molar-refractivity contribution in [2.75, 3.05) is 0 Å². The zero-order chi connectivity index (χ0) is 27.9. The van der Waals surface area contributed by atoms with Crippen molar-refractivity contribution in [3.8, 4) is 34.0 Å². The number of unbranched alkanes of at least 4 members (excludes halogenated alkanes) is 1. The number of hydrogen-bond acceptors (Lipinski definition) is 6. The molecule has 205 valence electrons. The minimum absolute atomic E-state index is 0. The molecule has 41 heavy (non-hydrogen) atoms. The van der Waals surface area contributed by atoms with Gasteiger partial charge in [0.05, 0.1) is 12.2 Å². The van der Waals surface area contributed by atoms with E-state index in [1.165, 1.54) is 4.68 Å². The summed E-state index contributed by atoms with van der Waals surface area (Å²) in [6.45, 7) is 6.68. The molecule has 0 spiro atoms. The monoisotopic (exact) mass is 560 g/mol. The normalized spacial score (nSPS) is 13.4. The van der Waals surface area contributed by atoms with Crippen molar-refractivity contribution in [1.82, 2.24) is 24.5 Å². The predicted octanol–water partition coefficient (Wildman–Crippen LogP) is 4.77. The number of ether oxygens (including phenoxy) is 1. The molecule has 1 aliphatic rings. The maximum absolute atomic E-state index is 13.7. The number of H-pyrrole nitrogens is 1. The van der Waals surface area contributed by atoms with Crippen LogP contribution in [0.4, 0.5) is 0 Å². The fourth-order valence-electron chi connectivity index (χ4n) is 5.27. The standard InChI is InChI=1S/C31H31N5O4.Na/c1-4-5-10-27-33-36(23-15-16-26-22(17-23)18-31(2,3)39-26)30(38)35(27)19-20-11-13-21(14-12-20)24-8-6-7-9-25(24)28-32-29(37)40-34-28;/h6-9,11-17H,4-5,10,18-19H2,1-3H3,(H,32,34,37);. The summed E-state index contributed by atoms with van der Waals surface area (Å²) in [5.74, 6) is 1.42. The summed E-state index contributed by atoms with van der Waals surface area (Å²) in [6, 6.07) is 21.6. The van der Waals surface area contributed by atoms with Crippen LogP contribution >= 0.6 is 0 Å². The summed E-state index contributed by atoms with van der Waals surface area (Å²) in [4.78, 5) is 27.8. The van der Waals surface area contributed by atoms with Crippen molar-refractivity contribution < 1.29 is 9.26 Å². The maximum Gasteiger partial charge on any atom is 0.439 e. The Morgan fingerprint density at radius 2 is 1.76 bits per heavy atom. The number of hydrogen-bond donors (Lipinski definition) is 1. The Morgan fingerprint density at radius 1 is 1.00 bits per heavy atom. The molecule has 1 radical (unpaired) electrons. The van der Waals surface area contributed by atoms with E-state index in [-0.39, 0.29) is 40.8 Å². The van der Waals surface area contributed by atoms with E-state index >= 15 is 0 Å². The number of nitrogens with zero attached hydrogens (tertiary/aromatic N) is 4. The van der Waals surface area contributed by atoms with Crippen molar-refractivity contribution in [1.29, 1.82) is 0 Å². The molecule has 2 aromatic heterocycles. The van der Waals surface area contributed by atoms with Crippen molar-refractivity contribution >= 4 is 29.6 Å². The zero-order valence-corrected chi connectivity index (χ0v) is 25.8. The molecule has 0 unspecified atom stereocenters. The van der Waals surface area contributed by atoms with Crippen LogP contribution in [0, 0.1) is 0 Å². The Labute approximate surface area is 259 Å². The molecule has 0 saturated heterocycles. The van der Waals surface area contributed by atoms with Gasteiger partial charge in [-0.15, -0.1) is 5.10 Å². The van der Waals surface area contributed by atoms with Crippen LogP contribution in [0.2, 0.25) is 0 Å². The van der Waals surface area contributed by atoms with E-state index in [9.17, 15) is 9.59 Å². The quantitative estimate of drug-likeness (QED) is 0.274. The molecular formula is C31H31N5NaO4. The molecule has 3 aromatic carbocycles. The van der Waals surface area contributed by atoms with Gasteiger partial charge in [-0.3, -0.25) is 14.1 Å². The average Bonchev–Trinajstić information content (AvgIpc) is 3.61. The van der Waals surface area contributed by atoms with Crippen LogP contribution < -0.4 is 16.2 Å². The van der Waals surface area contributed by atoms with Gasteiger partial charge in [0.15, 0.2) is 5.82 Å². The molecule has 9 nitrogen and oxygen atoms in total. The Kier molecular flexibility index (Phi) is 8.22. The fourth-order valence-corrected chi connectivity index (χ4v) is 5.27. The van der Waals surface area contributed by atoms with Gasteiger partial charge < -0.3 is 4.74 Å². The second-order valence-corrected chi connectivity index (χ2v) is 10.8. The summed E-state index contributed by atoms with van der Waals surface area (Å²) in [5.41, 5.74) is 5.05. The van der Waals surface area contributed by atoms with Crippen LogP contribution in [-0.4, -0.2) is 59.6 Å². The Balaban J connectivity index is 0.00000337. The van der Waals surface area contributed by atoms with E-state index < -0.39 is 5.76 Å². The first-order chi connectivity index (χ1) is 19.3. The van der Waals surface area contributed by atoms with E-state index in [0.29, 0.717) is 12.4 Å². The molecule has 6 rings (SSSR count). The van der Waals surface area contributed by atoms with Gasteiger partial charge in [0.2, 0.25) is 0 Å². The summed E-state index contributed by atoms with van der Waals surface area (Å²) >= 11 is 0. The van der Waals surface area contributed by atoms with E-state index in [4.69, 9.17) is 14.4 Å². The van der Waals surface area contributed by atoms with Crippen molar-refractivity contribution in [3.63, 3.8) is 0 Å². The van der Waals surface area contributed by atoms with Crippen LogP contribution in [0.15, 0.2) is 80.8 Å². The Hall–Kier alpha value is -3.66. The van der Waals surface area contributed by atoms with E-state index in [1.807, 2.05) is 66.7 Å². The molecule has 0 amide bonds. The van der Waals surface area contributed by atoms with Crippen LogP contribution in [0.5, 0.6) is 5.75 Å². The van der Waals surface area contributed by atoms with Crippen LogP contribution in [0.3, 0.4) is 0 Å². The molecule has 0 aliphatic carbocycles. The van der Waals surface area contributed by atoms with E-state index in [0.717, 1.165) is 70.8 Å². The molecule has 1 N–H and O–H groups in total. The number of rotatable bonds is 8. The molecule has 1 aliphatic heterocycles. The molecule has 3 heterocycles. The van der Waals surface area contributed by atoms with Crippen molar-refractivity contribution in [2.45, 2.75) is 58.6 Å². The number of nitrogens with one attached hydrogen (secondary N) is 1. The number of aryl methyl sites for hydroxylation is 1. The second kappa shape index (κ2) is 11.7. The van der Waals surface area contributed by atoms with Gasteiger partial charge in [-0.1, -0.05) is 67.0 Å². The largest absolute Gasteiger partial charge is 0.487 e. The minimum atomic E-state index is -0.595. The van der Waals surface area contributed by atoms with Gasteiger partial charge in [0.1, 0.15) is 17.2 Å². The van der Waals surface area contributed by atoms with Gasteiger partial charge >= 0.3 is 11.4 Å². The summed E-state index contributed by atoms with van der Waals surface area (Å²) in [6.07, 6.45) is 3.47. The van der Waals surface area contributed by atoms with Gasteiger partial charge in [-0.2, -0.15) is 4.68 Å². The number of aromatic nitrogens is 5. The van der Waals surface area contributed by atoms with Gasteiger partial charge in [-0.25, -0.2) is 9.59 Å². The van der Waals surface area contributed by atoms with Crippen LogP contribution in [0.25, 0.3) is 28.2 Å². The third-order valence-electron chi connectivity index (χ3n) is 7.21. The smallest absolute Gasteiger partial charge is 0.439 e.